The van der Waals surface area contributed by atoms with E-state index in [-0.39, 0.29) is 11.9 Å². The number of hydrogen-bond acceptors (Lipinski definition) is 3. The summed E-state index contributed by atoms with van der Waals surface area (Å²) in [7, 11) is 0. The summed E-state index contributed by atoms with van der Waals surface area (Å²) < 4.78 is 15.6. The van der Waals surface area contributed by atoms with Gasteiger partial charge in [0.2, 0.25) is 0 Å². The van der Waals surface area contributed by atoms with Gasteiger partial charge >= 0.3 is 0 Å². The van der Waals surface area contributed by atoms with Crippen molar-refractivity contribution >= 4 is 15.9 Å². The number of benzene rings is 1. The quantitative estimate of drug-likeness (QED) is 0.656. The number of nitrogens with zero attached hydrogens (tertiary/aromatic N) is 2. The Kier molecular flexibility index (Phi) is 4.68. The van der Waals surface area contributed by atoms with Crippen LogP contribution in [0, 0.1) is 5.82 Å². The molecule has 0 fully saturated rings. The predicted molar refractivity (Wildman–Crippen MR) is 75.8 cm³/mol. The monoisotopic (exact) mass is 326 g/mol. The molecule has 19 heavy (non-hydrogen) atoms. The van der Waals surface area contributed by atoms with Gasteiger partial charge in [-0.05, 0) is 46.1 Å². The molecule has 2 aromatic rings. The number of nitrogens with two attached hydrogens (primary N) is 1. The van der Waals surface area contributed by atoms with Gasteiger partial charge in [0.05, 0.1) is 16.2 Å². The van der Waals surface area contributed by atoms with E-state index in [1.165, 1.54) is 6.07 Å². The fourth-order valence-corrected chi connectivity index (χ4v) is 2.43. The van der Waals surface area contributed by atoms with Crippen molar-refractivity contribution in [2.75, 3.05) is 0 Å². The van der Waals surface area contributed by atoms with E-state index in [1.54, 1.807) is 18.3 Å². The van der Waals surface area contributed by atoms with Crippen molar-refractivity contribution < 1.29 is 4.39 Å². The zero-order valence-corrected chi connectivity index (χ0v) is 12.2. The van der Waals surface area contributed by atoms with E-state index in [0.717, 1.165) is 24.2 Å². The molecule has 0 aliphatic carbocycles. The molecule has 1 aromatic heterocycles. The largest absolute Gasteiger partial charge is 0.271 e. The van der Waals surface area contributed by atoms with E-state index >= 15 is 0 Å². The first-order valence-electron chi connectivity index (χ1n) is 6.10. The lowest BCUT2D eigenvalue weighted by Crippen LogP contribution is -2.30. The highest BCUT2D eigenvalue weighted by Gasteiger charge is 2.17. The second-order valence-electron chi connectivity index (χ2n) is 4.25. The van der Waals surface area contributed by atoms with Crippen LogP contribution in [-0.2, 0) is 6.54 Å². The molecule has 2 rings (SSSR count). The van der Waals surface area contributed by atoms with Crippen molar-refractivity contribution in [3.8, 4) is 0 Å². The molecule has 0 spiro atoms. The first kappa shape index (κ1) is 14.2. The Morgan fingerprint density at radius 2 is 2.26 bits per heavy atom. The van der Waals surface area contributed by atoms with Crippen molar-refractivity contribution in [1.82, 2.24) is 15.2 Å². The molecule has 3 N–H and O–H groups in total. The number of rotatable bonds is 5. The Morgan fingerprint density at radius 1 is 1.47 bits per heavy atom. The van der Waals surface area contributed by atoms with Crippen LogP contribution in [0.25, 0.3) is 0 Å². The van der Waals surface area contributed by atoms with Crippen LogP contribution in [-0.4, -0.2) is 9.78 Å². The Labute approximate surface area is 119 Å². The molecule has 0 amide bonds. The fraction of sp³-hybridized carbons (Fsp3) is 0.308. The first-order chi connectivity index (χ1) is 9.17. The molecule has 0 aliphatic rings. The van der Waals surface area contributed by atoms with Gasteiger partial charge in [0.1, 0.15) is 5.82 Å². The SMILES string of the molecule is CCCn1nccc1C(NN)c1ccc(F)c(Br)c1. The summed E-state index contributed by atoms with van der Waals surface area (Å²) in [5.74, 6) is 5.36. The van der Waals surface area contributed by atoms with E-state index in [0.29, 0.717) is 4.47 Å². The number of halogens is 2. The Balaban J connectivity index is 2.38. The third-order valence-electron chi connectivity index (χ3n) is 2.92. The van der Waals surface area contributed by atoms with E-state index in [4.69, 9.17) is 5.84 Å². The van der Waals surface area contributed by atoms with Gasteiger partial charge in [0.15, 0.2) is 0 Å². The van der Waals surface area contributed by atoms with Crippen LogP contribution in [0.3, 0.4) is 0 Å². The number of hydrazine groups is 1. The number of aromatic nitrogens is 2. The normalized spacial score (nSPS) is 12.6. The Bertz CT molecular complexity index is 555. The van der Waals surface area contributed by atoms with E-state index in [1.807, 2.05) is 10.7 Å². The van der Waals surface area contributed by atoms with Crippen molar-refractivity contribution in [2.45, 2.75) is 25.9 Å². The molecule has 102 valence electrons. The number of nitrogens with one attached hydrogen (secondary N) is 1. The summed E-state index contributed by atoms with van der Waals surface area (Å²) in [5.41, 5.74) is 4.61. The van der Waals surface area contributed by atoms with Crippen molar-refractivity contribution in [2.24, 2.45) is 5.84 Å². The topological polar surface area (TPSA) is 55.9 Å². The van der Waals surface area contributed by atoms with Crippen LogP contribution in [0.2, 0.25) is 0 Å². The summed E-state index contributed by atoms with van der Waals surface area (Å²) in [6.45, 7) is 2.91. The predicted octanol–water partition coefficient (Wildman–Crippen LogP) is 2.75. The molecule has 1 atom stereocenters. The van der Waals surface area contributed by atoms with E-state index in [2.05, 4.69) is 33.4 Å². The van der Waals surface area contributed by atoms with Gasteiger partial charge in [-0.3, -0.25) is 10.5 Å². The van der Waals surface area contributed by atoms with Crippen molar-refractivity contribution in [3.05, 3.63) is 52.0 Å². The molecule has 1 heterocycles. The summed E-state index contributed by atoms with van der Waals surface area (Å²) in [5, 5.41) is 4.28. The zero-order valence-electron chi connectivity index (χ0n) is 10.6. The average molecular weight is 327 g/mol. The second kappa shape index (κ2) is 6.27. The number of aryl methyl sites for hydroxylation is 1. The highest BCUT2D eigenvalue weighted by Crippen LogP contribution is 2.25. The minimum Gasteiger partial charge on any atom is -0.271 e. The van der Waals surface area contributed by atoms with Gasteiger partial charge in [0.25, 0.3) is 0 Å². The van der Waals surface area contributed by atoms with Crippen LogP contribution in [0.1, 0.15) is 30.6 Å². The zero-order chi connectivity index (χ0) is 13.8. The van der Waals surface area contributed by atoms with Gasteiger partial charge in [-0.25, -0.2) is 9.82 Å². The third kappa shape index (κ3) is 3.02. The lowest BCUT2D eigenvalue weighted by Gasteiger charge is -2.18. The molecular weight excluding hydrogens is 311 g/mol. The van der Waals surface area contributed by atoms with Crippen molar-refractivity contribution in [3.63, 3.8) is 0 Å². The van der Waals surface area contributed by atoms with E-state index in [9.17, 15) is 4.39 Å². The molecule has 1 unspecified atom stereocenters. The maximum Gasteiger partial charge on any atom is 0.137 e. The summed E-state index contributed by atoms with van der Waals surface area (Å²) in [6, 6.07) is 6.56. The molecule has 0 saturated heterocycles. The van der Waals surface area contributed by atoms with Gasteiger partial charge in [-0.15, -0.1) is 0 Å². The van der Waals surface area contributed by atoms with Crippen LogP contribution in [0.5, 0.6) is 0 Å². The van der Waals surface area contributed by atoms with Crippen LogP contribution in [0.15, 0.2) is 34.9 Å². The molecule has 0 radical (unpaired) electrons. The van der Waals surface area contributed by atoms with Gasteiger partial charge in [0, 0.05) is 12.7 Å². The van der Waals surface area contributed by atoms with Crippen molar-refractivity contribution in [1.29, 1.82) is 0 Å². The maximum atomic E-state index is 13.3. The van der Waals surface area contributed by atoms with E-state index < -0.39 is 0 Å². The summed E-state index contributed by atoms with van der Waals surface area (Å²) in [4.78, 5) is 0. The fourth-order valence-electron chi connectivity index (χ4n) is 2.03. The molecule has 0 aliphatic heterocycles. The van der Waals surface area contributed by atoms with Gasteiger partial charge < -0.3 is 0 Å². The minimum atomic E-state index is -0.290. The lowest BCUT2D eigenvalue weighted by atomic mass is 10.0. The standard InChI is InChI=1S/C13H16BrFN4/c1-2-7-19-12(5-6-17-19)13(18-16)9-3-4-11(15)10(14)8-9/h3-6,8,13,18H,2,7,16H2,1H3. The van der Waals surface area contributed by atoms with Gasteiger partial charge in [-0.1, -0.05) is 13.0 Å². The highest BCUT2D eigenvalue weighted by molar-refractivity contribution is 9.10. The summed E-state index contributed by atoms with van der Waals surface area (Å²) in [6.07, 6.45) is 2.73. The first-order valence-corrected chi connectivity index (χ1v) is 6.89. The molecular formula is C13H16BrFN4. The molecule has 1 aromatic carbocycles. The lowest BCUT2D eigenvalue weighted by molar-refractivity contribution is 0.520. The second-order valence-corrected chi connectivity index (χ2v) is 5.11. The third-order valence-corrected chi connectivity index (χ3v) is 3.53. The van der Waals surface area contributed by atoms with Crippen LogP contribution in [0.4, 0.5) is 4.39 Å². The highest BCUT2D eigenvalue weighted by atomic mass is 79.9. The molecule has 6 heteroatoms. The summed E-state index contributed by atoms with van der Waals surface area (Å²) >= 11 is 3.19. The maximum absolute atomic E-state index is 13.3. The minimum absolute atomic E-state index is 0.217. The Morgan fingerprint density at radius 3 is 2.89 bits per heavy atom. The average Bonchev–Trinajstić information content (AvgIpc) is 2.83. The molecule has 0 saturated carbocycles. The Hall–Kier alpha value is -1.24. The smallest absolute Gasteiger partial charge is 0.137 e. The van der Waals surface area contributed by atoms with Crippen LogP contribution >= 0.6 is 15.9 Å². The molecule has 0 bridgehead atoms. The van der Waals surface area contributed by atoms with Gasteiger partial charge in [-0.2, -0.15) is 5.10 Å². The number of hydrogen-bond donors (Lipinski definition) is 2. The molecule has 4 nitrogen and oxygen atoms in total. The van der Waals surface area contributed by atoms with Crippen LogP contribution < -0.4 is 11.3 Å².